The normalized spacial score (nSPS) is 10.2. The highest BCUT2D eigenvalue weighted by molar-refractivity contribution is 6.03. The molecule has 3 aromatic rings. The summed E-state index contributed by atoms with van der Waals surface area (Å²) >= 11 is 0. The summed E-state index contributed by atoms with van der Waals surface area (Å²) in [5.41, 5.74) is 1.07. The van der Waals surface area contributed by atoms with E-state index in [1.54, 1.807) is 24.3 Å². The zero-order valence-electron chi connectivity index (χ0n) is 14.7. The smallest absolute Gasteiger partial charge is 0.276 e. The van der Waals surface area contributed by atoms with Crippen molar-refractivity contribution in [1.29, 1.82) is 0 Å². The van der Waals surface area contributed by atoms with Gasteiger partial charge in [0.25, 0.3) is 5.91 Å². The fourth-order valence-corrected chi connectivity index (χ4v) is 2.32. The van der Waals surface area contributed by atoms with E-state index in [2.05, 4.69) is 26.1 Å². The van der Waals surface area contributed by atoms with Crippen LogP contribution < -0.4 is 16.0 Å². The molecule has 0 aliphatic carbocycles. The van der Waals surface area contributed by atoms with Crippen LogP contribution in [0.15, 0.2) is 54.6 Å². The van der Waals surface area contributed by atoms with Crippen molar-refractivity contribution in [3.8, 4) is 0 Å². The van der Waals surface area contributed by atoms with Gasteiger partial charge in [-0.05, 0) is 42.5 Å². The summed E-state index contributed by atoms with van der Waals surface area (Å²) in [6, 6.07) is 12.5. The summed E-state index contributed by atoms with van der Waals surface area (Å²) in [5, 5.41) is 15.5. The van der Waals surface area contributed by atoms with Crippen LogP contribution in [-0.4, -0.2) is 22.0 Å². The number of amides is 2. The van der Waals surface area contributed by atoms with Crippen molar-refractivity contribution in [3.63, 3.8) is 0 Å². The summed E-state index contributed by atoms with van der Waals surface area (Å²) in [6.07, 6.45) is 0. The monoisotopic (exact) mass is 383 g/mol. The van der Waals surface area contributed by atoms with E-state index in [1.165, 1.54) is 25.1 Å². The second-order valence-electron chi connectivity index (χ2n) is 5.77. The van der Waals surface area contributed by atoms with Gasteiger partial charge in [-0.2, -0.15) is 0 Å². The molecule has 3 rings (SSSR count). The molecule has 142 valence electrons. The number of aromatic nitrogens is 2. The molecule has 7 nitrogen and oxygen atoms in total. The molecule has 1 heterocycles. The Hall–Kier alpha value is -3.88. The number of anilines is 4. The number of hydrogen-bond donors (Lipinski definition) is 3. The number of benzene rings is 2. The van der Waals surface area contributed by atoms with E-state index >= 15 is 0 Å². The number of halogens is 2. The van der Waals surface area contributed by atoms with Gasteiger partial charge in [-0.1, -0.05) is 6.07 Å². The minimum atomic E-state index is -0.775. The molecule has 0 bridgehead atoms. The van der Waals surface area contributed by atoms with Gasteiger partial charge in [0.05, 0.1) is 5.69 Å². The molecule has 0 saturated carbocycles. The van der Waals surface area contributed by atoms with Crippen molar-refractivity contribution in [1.82, 2.24) is 10.2 Å². The summed E-state index contributed by atoms with van der Waals surface area (Å²) in [6.45, 7) is 1.38. The second kappa shape index (κ2) is 8.21. The molecule has 0 atom stereocenters. The first-order valence-corrected chi connectivity index (χ1v) is 8.15. The SMILES string of the molecule is CC(=O)Nc1cccc(NC(=O)c2ccc(Nc3ccc(F)cc3F)nn2)c1. The van der Waals surface area contributed by atoms with Crippen molar-refractivity contribution in [2.75, 3.05) is 16.0 Å². The van der Waals surface area contributed by atoms with Gasteiger partial charge >= 0.3 is 0 Å². The lowest BCUT2D eigenvalue weighted by Gasteiger charge is -2.08. The van der Waals surface area contributed by atoms with E-state index in [0.717, 1.165) is 12.1 Å². The van der Waals surface area contributed by atoms with E-state index in [1.807, 2.05) is 0 Å². The maximum absolute atomic E-state index is 13.7. The maximum atomic E-state index is 13.7. The highest BCUT2D eigenvalue weighted by Gasteiger charge is 2.10. The van der Waals surface area contributed by atoms with Crippen LogP contribution in [0.1, 0.15) is 17.4 Å². The molecule has 2 aromatic carbocycles. The molecule has 0 aliphatic heterocycles. The van der Waals surface area contributed by atoms with Crippen molar-refractivity contribution in [2.24, 2.45) is 0 Å². The van der Waals surface area contributed by atoms with Crippen LogP contribution in [0.5, 0.6) is 0 Å². The molecule has 3 N–H and O–H groups in total. The van der Waals surface area contributed by atoms with Crippen molar-refractivity contribution >= 4 is 34.7 Å². The van der Waals surface area contributed by atoms with E-state index in [4.69, 9.17) is 0 Å². The molecule has 0 saturated heterocycles. The molecule has 0 aliphatic rings. The third-order valence-corrected chi connectivity index (χ3v) is 3.53. The summed E-state index contributed by atoms with van der Waals surface area (Å²) < 4.78 is 26.6. The first-order valence-electron chi connectivity index (χ1n) is 8.15. The lowest BCUT2D eigenvalue weighted by Crippen LogP contribution is -2.15. The van der Waals surface area contributed by atoms with Crippen LogP contribution in [0.4, 0.5) is 31.7 Å². The van der Waals surface area contributed by atoms with E-state index in [0.29, 0.717) is 11.4 Å². The lowest BCUT2D eigenvalue weighted by atomic mass is 10.2. The third-order valence-electron chi connectivity index (χ3n) is 3.53. The molecular weight excluding hydrogens is 368 g/mol. The van der Waals surface area contributed by atoms with Gasteiger partial charge in [0, 0.05) is 24.4 Å². The average molecular weight is 383 g/mol. The average Bonchev–Trinajstić information content (AvgIpc) is 2.64. The number of hydrogen-bond acceptors (Lipinski definition) is 5. The number of carbonyl (C=O) groups is 2. The molecule has 0 spiro atoms. The quantitative estimate of drug-likeness (QED) is 0.624. The summed E-state index contributed by atoms with van der Waals surface area (Å²) in [7, 11) is 0. The number of rotatable bonds is 5. The Morgan fingerprint density at radius 2 is 1.64 bits per heavy atom. The number of nitrogens with one attached hydrogen (secondary N) is 3. The van der Waals surface area contributed by atoms with Gasteiger partial charge in [0.1, 0.15) is 11.6 Å². The molecule has 28 heavy (non-hydrogen) atoms. The van der Waals surface area contributed by atoms with Gasteiger partial charge < -0.3 is 16.0 Å². The molecular formula is C19H15F2N5O2. The number of nitrogens with zero attached hydrogens (tertiary/aromatic N) is 2. The summed E-state index contributed by atoms with van der Waals surface area (Å²) in [4.78, 5) is 23.4. The van der Waals surface area contributed by atoms with Crippen LogP contribution in [0.2, 0.25) is 0 Å². The highest BCUT2D eigenvalue weighted by Crippen LogP contribution is 2.19. The van der Waals surface area contributed by atoms with Crippen LogP contribution in [0, 0.1) is 11.6 Å². The Morgan fingerprint density at radius 3 is 2.29 bits per heavy atom. The van der Waals surface area contributed by atoms with Gasteiger partial charge in [0.2, 0.25) is 5.91 Å². The van der Waals surface area contributed by atoms with Crippen molar-refractivity contribution < 1.29 is 18.4 Å². The van der Waals surface area contributed by atoms with Crippen LogP contribution in [0.3, 0.4) is 0 Å². The first-order chi connectivity index (χ1) is 13.4. The predicted molar refractivity (Wildman–Crippen MR) is 100 cm³/mol. The fourth-order valence-electron chi connectivity index (χ4n) is 2.32. The molecule has 1 aromatic heterocycles. The first kappa shape index (κ1) is 18.9. The van der Waals surface area contributed by atoms with E-state index < -0.39 is 17.5 Å². The maximum Gasteiger partial charge on any atom is 0.276 e. The molecule has 9 heteroatoms. The van der Waals surface area contributed by atoms with Gasteiger partial charge in [-0.3, -0.25) is 9.59 Å². The van der Waals surface area contributed by atoms with E-state index in [9.17, 15) is 18.4 Å². The minimum Gasteiger partial charge on any atom is -0.336 e. The highest BCUT2D eigenvalue weighted by atomic mass is 19.1. The summed E-state index contributed by atoms with van der Waals surface area (Å²) in [5.74, 6) is -2.01. The molecule has 0 unspecified atom stereocenters. The van der Waals surface area contributed by atoms with Crippen molar-refractivity contribution in [3.05, 3.63) is 71.9 Å². The van der Waals surface area contributed by atoms with Gasteiger partial charge in [-0.25, -0.2) is 8.78 Å². The largest absolute Gasteiger partial charge is 0.336 e. The topological polar surface area (TPSA) is 96.0 Å². The Bertz CT molecular complexity index is 1030. The molecule has 0 radical (unpaired) electrons. The third kappa shape index (κ3) is 4.85. The van der Waals surface area contributed by atoms with Crippen LogP contribution in [-0.2, 0) is 4.79 Å². The molecule has 0 fully saturated rings. The second-order valence-corrected chi connectivity index (χ2v) is 5.77. The Balaban J connectivity index is 1.67. The van der Waals surface area contributed by atoms with Gasteiger partial charge in [-0.15, -0.1) is 10.2 Å². The van der Waals surface area contributed by atoms with E-state index in [-0.39, 0.29) is 23.1 Å². The zero-order chi connectivity index (χ0) is 20.1. The fraction of sp³-hybridized carbons (Fsp3) is 0.0526. The number of carbonyl (C=O) groups excluding carboxylic acids is 2. The van der Waals surface area contributed by atoms with Crippen LogP contribution in [0.25, 0.3) is 0 Å². The predicted octanol–water partition coefficient (Wildman–Crippen LogP) is 3.71. The standard InChI is InChI=1S/C19H15F2N5O2/c1-11(27)22-13-3-2-4-14(10-13)23-19(28)17-7-8-18(26-25-17)24-16-6-5-12(20)9-15(16)21/h2-10H,1H3,(H,22,27)(H,23,28)(H,24,26). The Labute approximate surface area is 158 Å². The van der Waals surface area contributed by atoms with Crippen molar-refractivity contribution in [2.45, 2.75) is 6.92 Å². The lowest BCUT2D eigenvalue weighted by molar-refractivity contribution is -0.114. The molecule has 2 amide bonds. The zero-order valence-corrected chi connectivity index (χ0v) is 14.7. The Kier molecular flexibility index (Phi) is 5.54. The van der Waals surface area contributed by atoms with Crippen LogP contribution >= 0.6 is 0 Å². The minimum absolute atomic E-state index is 0.0303. The Morgan fingerprint density at radius 1 is 0.893 bits per heavy atom. The van der Waals surface area contributed by atoms with Gasteiger partial charge in [0.15, 0.2) is 11.5 Å².